The van der Waals surface area contributed by atoms with E-state index in [4.69, 9.17) is 9.84 Å². The van der Waals surface area contributed by atoms with Crippen molar-refractivity contribution in [2.24, 2.45) is 0 Å². The summed E-state index contributed by atoms with van der Waals surface area (Å²) in [5.74, 6) is -0.743. The lowest BCUT2D eigenvalue weighted by Gasteiger charge is -2.08. The van der Waals surface area contributed by atoms with Crippen molar-refractivity contribution in [2.45, 2.75) is 6.92 Å². The largest absolute Gasteiger partial charge is 0.494 e. The summed E-state index contributed by atoms with van der Waals surface area (Å²) >= 11 is 0. The van der Waals surface area contributed by atoms with Gasteiger partial charge in [-0.3, -0.25) is 4.79 Å². The number of amides is 1. The first-order valence-corrected chi connectivity index (χ1v) is 6.47. The number of carboxylic acids is 1. The monoisotopic (exact) mass is 285 g/mol. The average molecular weight is 285 g/mol. The number of benzene rings is 2. The average Bonchev–Trinajstić information content (AvgIpc) is 2.48. The minimum absolute atomic E-state index is 0.121. The Hall–Kier alpha value is -2.82. The van der Waals surface area contributed by atoms with E-state index in [-0.39, 0.29) is 11.5 Å². The number of carboxylic acid groups (broad SMARTS) is 1. The Balaban J connectivity index is 2.16. The second kappa shape index (κ2) is 6.56. The Morgan fingerprint density at radius 1 is 1.10 bits per heavy atom. The van der Waals surface area contributed by atoms with Crippen LogP contribution in [-0.2, 0) is 0 Å². The van der Waals surface area contributed by atoms with Crippen molar-refractivity contribution in [1.29, 1.82) is 0 Å². The van der Waals surface area contributed by atoms with Gasteiger partial charge in [0, 0.05) is 11.3 Å². The molecule has 0 spiro atoms. The van der Waals surface area contributed by atoms with Gasteiger partial charge < -0.3 is 15.2 Å². The zero-order valence-corrected chi connectivity index (χ0v) is 11.5. The van der Waals surface area contributed by atoms with Gasteiger partial charge in [0.1, 0.15) is 5.75 Å². The second-order valence-corrected chi connectivity index (χ2v) is 4.30. The van der Waals surface area contributed by atoms with Crippen molar-refractivity contribution in [3.05, 3.63) is 59.7 Å². The Kier molecular flexibility index (Phi) is 4.56. The molecule has 0 bridgehead atoms. The third-order valence-corrected chi connectivity index (χ3v) is 2.77. The van der Waals surface area contributed by atoms with Crippen LogP contribution in [0.4, 0.5) is 5.69 Å². The van der Waals surface area contributed by atoms with Crippen LogP contribution in [0.1, 0.15) is 27.6 Å². The summed E-state index contributed by atoms with van der Waals surface area (Å²) in [4.78, 5) is 23.0. The third-order valence-electron chi connectivity index (χ3n) is 2.77. The standard InChI is InChI=1S/C16H15NO4/c1-2-21-14-8-4-5-11(10-14)15(18)17-13-7-3-6-12(9-13)16(19)20/h3-10H,2H2,1H3,(H,17,18)(H,19,20). The SMILES string of the molecule is CCOc1cccc(C(=O)Nc2cccc(C(=O)O)c2)c1. The summed E-state index contributed by atoms with van der Waals surface area (Å²) in [6.07, 6.45) is 0. The second-order valence-electron chi connectivity index (χ2n) is 4.30. The lowest BCUT2D eigenvalue weighted by molar-refractivity contribution is 0.0696. The lowest BCUT2D eigenvalue weighted by atomic mass is 10.1. The van der Waals surface area contributed by atoms with E-state index < -0.39 is 5.97 Å². The number of aromatic carboxylic acids is 1. The molecule has 5 heteroatoms. The molecule has 0 atom stereocenters. The number of ether oxygens (including phenoxy) is 1. The van der Waals surface area contributed by atoms with Gasteiger partial charge in [-0.2, -0.15) is 0 Å². The number of carbonyl (C=O) groups excluding carboxylic acids is 1. The van der Waals surface area contributed by atoms with Crippen LogP contribution in [0.25, 0.3) is 0 Å². The first-order valence-electron chi connectivity index (χ1n) is 6.47. The van der Waals surface area contributed by atoms with E-state index in [1.807, 2.05) is 6.92 Å². The molecule has 2 rings (SSSR count). The van der Waals surface area contributed by atoms with Crippen molar-refractivity contribution in [3.8, 4) is 5.75 Å². The fraction of sp³-hybridized carbons (Fsp3) is 0.125. The molecule has 0 saturated carbocycles. The topological polar surface area (TPSA) is 75.6 Å². The van der Waals surface area contributed by atoms with Crippen LogP contribution in [0, 0.1) is 0 Å². The molecule has 0 radical (unpaired) electrons. The minimum Gasteiger partial charge on any atom is -0.494 e. The van der Waals surface area contributed by atoms with E-state index in [0.717, 1.165) is 0 Å². The highest BCUT2D eigenvalue weighted by Gasteiger charge is 2.09. The summed E-state index contributed by atoms with van der Waals surface area (Å²) in [5.41, 5.74) is 0.999. The van der Waals surface area contributed by atoms with E-state index in [2.05, 4.69) is 5.32 Å². The van der Waals surface area contributed by atoms with Crippen molar-refractivity contribution in [1.82, 2.24) is 0 Å². The van der Waals surface area contributed by atoms with E-state index >= 15 is 0 Å². The predicted molar refractivity (Wildman–Crippen MR) is 79.0 cm³/mol. The van der Waals surface area contributed by atoms with Gasteiger partial charge in [0.15, 0.2) is 0 Å². The van der Waals surface area contributed by atoms with Crippen LogP contribution in [0.5, 0.6) is 5.75 Å². The Bertz CT molecular complexity index is 667. The zero-order valence-electron chi connectivity index (χ0n) is 11.5. The molecule has 1 amide bonds. The van der Waals surface area contributed by atoms with Gasteiger partial charge in [-0.25, -0.2) is 4.79 Å². The number of carbonyl (C=O) groups is 2. The molecule has 0 heterocycles. The van der Waals surface area contributed by atoms with E-state index in [1.54, 1.807) is 36.4 Å². The summed E-state index contributed by atoms with van der Waals surface area (Å²) < 4.78 is 5.34. The van der Waals surface area contributed by atoms with Gasteiger partial charge in [0.25, 0.3) is 5.91 Å². The number of hydrogen-bond donors (Lipinski definition) is 2. The molecular weight excluding hydrogens is 270 g/mol. The van der Waals surface area contributed by atoms with Crippen LogP contribution in [0.15, 0.2) is 48.5 Å². The third kappa shape index (κ3) is 3.82. The van der Waals surface area contributed by atoms with Crippen molar-refractivity contribution in [2.75, 3.05) is 11.9 Å². The maximum absolute atomic E-state index is 12.1. The van der Waals surface area contributed by atoms with Gasteiger partial charge >= 0.3 is 5.97 Å². The van der Waals surface area contributed by atoms with Crippen LogP contribution in [0.2, 0.25) is 0 Å². The maximum atomic E-state index is 12.1. The lowest BCUT2D eigenvalue weighted by Crippen LogP contribution is -2.12. The maximum Gasteiger partial charge on any atom is 0.335 e. The molecule has 0 aliphatic carbocycles. The summed E-state index contributed by atoms with van der Waals surface area (Å²) in [5, 5.41) is 11.6. The minimum atomic E-state index is -1.04. The van der Waals surface area contributed by atoms with E-state index in [1.165, 1.54) is 12.1 Å². The zero-order chi connectivity index (χ0) is 15.2. The molecule has 0 aromatic heterocycles. The van der Waals surface area contributed by atoms with Crippen LogP contribution in [-0.4, -0.2) is 23.6 Å². The molecule has 0 aliphatic heterocycles. The molecule has 0 fully saturated rings. The number of nitrogens with one attached hydrogen (secondary N) is 1. The fourth-order valence-corrected chi connectivity index (χ4v) is 1.83. The van der Waals surface area contributed by atoms with Crippen LogP contribution in [0.3, 0.4) is 0 Å². The predicted octanol–water partition coefficient (Wildman–Crippen LogP) is 3.04. The number of anilines is 1. The quantitative estimate of drug-likeness (QED) is 0.885. The van der Waals surface area contributed by atoms with Crippen molar-refractivity contribution >= 4 is 17.6 Å². The van der Waals surface area contributed by atoms with Crippen LogP contribution < -0.4 is 10.1 Å². The van der Waals surface area contributed by atoms with E-state index in [9.17, 15) is 9.59 Å². The number of hydrogen-bond acceptors (Lipinski definition) is 3. The highest BCUT2D eigenvalue weighted by atomic mass is 16.5. The summed E-state index contributed by atoms with van der Waals surface area (Å²) in [6.45, 7) is 2.38. The smallest absolute Gasteiger partial charge is 0.335 e. The molecule has 108 valence electrons. The molecule has 2 aromatic rings. The van der Waals surface area contributed by atoms with Gasteiger partial charge in [-0.05, 0) is 43.3 Å². The highest BCUT2D eigenvalue weighted by Crippen LogP contribution is 2.16. The van der Waals surface area contributed by atoms with Crippen molar-refractivity contribution < 1.29 is 19.4 Å². The summed E-state index contributed by atoms with van der Waals surface area (Å²) in [7, 11) is 0. The van der Waals surface area contributed by atoms with Crippen LogP contribution >= 0.6 is 0 Å². The van der Waals surface area contributed by atoms with Gasteiger partial charge in [0.2, 0.25) is 0 Å². The van der Waals surface area contributed by atoms with Gasteiger partial charge in [0.05, 0.1) is 12.2 Å². The molecule has 0 aliphatic rings. The first kappa shape index (κ1) is 14.6. The molecule has 21 heavy (non-hydrogen) atoms. The van der Waals surface area contributed by atoms with Gasteiger partial charge in [-0.15, -0.1) is 0 Å². The van der Waals surface area contributed by atoms with Gasteiger partial charge in [-0.1, -0.05) is 12.1 Å². The molecule has 0 saturated heterocycles. The first-order chi connectivity index (χ1) is 10.1. The fourth-order valence-electron chi connectivity index (χ4n) is 1.83. The molecular formula is C16H15NO4. The van der Waals surface area contributed by atoms with E-state index in [0.29, 0.717) is 23.6 Å². The number of rotatable bonds is 5. The molecule has 0 unspecified atom stereocenters. The summed E-state index contributed by atoms with van der Waals surface area (Å²) in [6, 6.07) is 12.9. The Morgan fingerprint density at radius 3 is 2.52 bits per heavy atom. The van der Waals surface area contributed by atoms with Crippen molar-refractivity contribution in [3.63, 3.8) is 0 Å². The Morgan fingerprint density at radius 2 is 1.81 bits per heavy atom. The highest BCUT2D eigenvalue weighted by molar-refractivity contribution is 6.05. The Labute approximate surface area is 122 Å². The molecule has 2 aromatic carbocycles. The molecule has 5 nitrogen and oxygen atoms in total. The normalized spacial score (nSPS) is 9.95. The molecule has 2 N–H and O–H groups in total.